The van der Waals surface area contributed by atoms with Crippen molar-refractivity contribution in [3.8, 4) is 0 Å². The first kappa shape index (κ1) is 14.3. The Morgan fingerprint density at radius 1 is 1.58 bits per heavy atom. The normalized spacial score (nSPS) is 11.9. The summed E-state index contributed by atoms with van der Waals surface area (Å²) < 4.78 is 5.87. The molecule has 2 rings (SSSR count). The predicted octanol–water partition coefficient (Wildman–Crippen LogP) is 3.79. The minimum Gasteiger partial charge on any atom is -0.463 e. The second-order valence-electron chi connectivity index (χ2n) is 3.93. The lowest BCUT2D eigenvalue weighted by Gasteiger charge is -2.01. The van der Waals surface area contributed by atoms with Gasteiger partial charge in [0, 0.05) is 11.1 Å². The Morgan fingerprint density at radius 3 is 3.00 bits per heavy atom. The summed E-state index contributed by atoms with van der Waals surface area (Å²) in [4.78, 5) is 19.1. The molecule has 0 aliphatic heterocycles. The van der Waals surface area contributed by atoms with Gasteiger partial charge in [0.15, 0.2) is 0 Å². The van der Waals surface area contributed by atoms with Crippen LogP contribution < -0.4 is 0 Å². The second kappa shape index (κ2) is 5.92. The van der Waals surface area contributed by atoms with Gasteiger partial charge in [-0.1, -0.05) is 11.6 Å². The van der Waals surface area contributed by atoms with Gasteiger partial charge in [-0.15, -0.1) is 0 Å². The number of aromatic nitrogens is 2. The van der Waals surface area contributed by atoms with Crippen molar-refractivity contribution in [3.63, 3.8) is 0 Å². The molecule has 0 bridgehead atoms. The Bertz CT molecular complexity index is 664. The highest BCUT2D eigenvalue weighted by atomic mass is 127. The van der Waals surface area contributed by atoms with Crippen LogP contribution >= 0.6 is 34.2 Å². The molecular formula is C13H12ClIN2O2. The molecule has 0 saturated carbocycles. The van der Waals surface area contributed by atoms with Crippen LogP contribution in [-0.4, -0.2) is 22.5 Å². The Hall–Kier alpha value is -1.08. The summed E-state index contributed by atoms with van der Waals surface area (Å²) in [6.45, 7) is 3.86. The number of rotatable bonds is 3. The SMILES string of the molecule is CCOC(=O)/C(C)=C/c1c(I)[nH]c2ccc(Cl)nc12. The van der Waals surface area contributed by atoms with Gasteiger partial charge >= 0.3 is 5.97 Å². The number of hydrogen-bond acceptors (Lipinski definition) is 3. The quantitative estimate of drug-likeness (QED) is 0.375. The predicted molar refractivity (Wildman–Crippen MR) is 84.1 cm³/mol. The van der Waals surface area contributed by atoms with E-state index < -0.39 is 0 Å². The number of aromatic amines is 1. The van der Waals surface area contributed by atoms with E-state index in [2.05, 4.69) is 32.6 Å². The molecule has 0 atom stereocenters. The molecule has 0 saturated heterocycles. The Balaban J connectivity index is 2.50. The maximum absolute atomic E-state index is 11.6. The van der Waals surface area contributed by atoms with Crippen molar-refractivity contribution in [2.45, 2.75) is 13.8 Å². The van der Waals surface area contributed by atoms with Gasteiger partial charge in [0.05, 0.1) is 21.3 Å². The summed E-state index contributed by atoms with van der Waals surface area (Å²) in [5.41, 5.74) is 3.02. The van der Waals surface area contributed by atoms with E-state index >= 15 is 0 Å². The molecule has 0 aromatic carbocycles. The second-order valence-corrected chi connectivity index (χ2v) is 5.40. The summed E-state index contributed by atoms with van der Waals surface area (Å²) in [6, 6.07) is 3.59. The van der Waals surface area contributed by atoms with E-state index in [9.17, 15) is 4.79 Å². The molecule has 2 aromatic rings. The van der Waals surface area contributed by atoms with Crippen molar-refractivity contribution in [2.75, 3.05) is 6.61 Å². The van der Waals surface area contributed by atoms with E-state index in [0.29, 0.717) is 17.3 Å². The molecular weight excluding hydrogens is 379 g/mol. The first-order valence-electron chi connectivity index (χ1n) is 5.72. The summed E-state index contributed by atoms with van der Waals surface area (Å²) >= 11 is 8.08. The monoisotopic (exact) mass is 390 g/mol. The molecule has 1 N–H and O–H groups in total. The smallest absolute Gasteiger partial charge is 0.333 e. The van der Waals surface area contributed by atoms with Gasteiger partial charge in [-0.25, -0.2) is 9.78 Å². The Kier molecular flexibility index (Phi) is 4.46. The van der Waals surface area contributed by atoms with E-state index in [0.717, 1.165) is 20.3 Å². The van der Waals surface area contributed by atoms with Crippen LogP contribution in [0.25, 0.3) is 17.1 Å². The molecule has 0 amide bonds. The van der Waals surface area contributed by atoms with Crippen molar-refractivity contribution in [1.29, 1.82) is 0 Å². The number of halogens is 2. The number of fused-ring (bicyclic) bond motifs is 1. The number of pyridine rings is 1. The summed E-state index contributed by atoms with van der Waals surface area (Å²) in [6.07, 6.45) is 1.77. The topological polar surface area (TPSA) is 55.0 Å². The van der Waals surface area contributed by atoms with Crippen LogP contribution in [0.2, 0.25) is 5.15 Å². The molecule has 100 valence electrons. The summed E-state index contributed by atoms with van der Waals surface area (Å²) in [5.74, 6) is -0.324. The highest BCUT2D eigenvalue weighted by Gasteiger charge is 2.12. The minimum atomic E-state index is -0.324. The fourth-order valence-electron chi connectivity index (χ4n) is 1.68. The standard InChI is InChI=1S/C13H12ClIN2O2/c1-3-19-13(18)7(2)6-8-11-9(16-12(8)15)4-5-10(14)17-11/h4-6,16H,3H2,1-2H3/b7-6+. The number of nitrogens with zero attached hydrogens (tertiary/aromatic N) is 1. The Labute approximate surface area is 129 Å². The van der Waals surface area contributed by atoms with Crippen LogP contribution in [-0.2, 0) is 9.53 Å². The van der Waals surface area contributed by atoms with Crippen molar-refractivity contribution >= 4 is 57.3 Å². The number of H-pyrrole nitrogens is 1. The molecule has 2 aromatic heterocycles. The third kappa shape index (κ3) is 3.09. The summed E-state index contributed by atoms with van der Waals surface area (Å²) in [5, 5.41) is 0.423. The van der Waals surface area contributed by atoms with Crippen molar-refractivity contribution in [3.05, 3.63) is 32.1 Å². The summed E-state index contributed by atoms with van der Waals surface area (Å²) in [7, 11) is 0. The highest BCUT2D eigenvalue weighted by molar-refractivity contribution is 14.1. The lowest BCUT2D eigenvalue weighted by atomic mass is 10.2. The van der Waals surface area contributed by atoms with Gasteiger partial charge in [-0.05, 0) is 54.6 Å². The van der Waals surface area contributed by atoms with E-state index in [4.69, 9.17) is 16.3 Å². The van der Waals surface area contributed by atoms with Crippen molar-refractivity contribution in [2.24, 2.45) is 0 Å². The van der Waals surface area contributed by atoms with Crippen LogP contribution in [0.1, 0.15) is 19.4 Å². The number of ether oxygens (including phenoxy) is 1. The fraction of sp³-hybridized carbons (Fsp3) is 0.231. The molecule has 0 fully saturated rings. The Morgan fingerprint density at radius 2 is 2.32 bits per heavy atom. The minimum absolute atomic E-state index is 0.324. The lowest BCUT2D eigenvalue weighted by molar-refractivity contribution is -0.138. The zero-order valence-corrected chi connectivity index (χ0v) is 13.4. The third-order valence-electron chi connectivity index (χ3n) is 2.56. The number of carbonyl (C=O) groups is 1. The number of carbonyl (C=O) groups excluding carboxylic acids is 1. The van der Waals surface area contributed by atoms with Crippen LogP contribution in [0.3, 0.4) is 0 Å². The molecule has 0 aliphatic rings. The molecule has 0 spiro atoms. The van der Waals surface area contributed by atoms with E-state index in [1.807, 2.05) is 6.07 Å². The molecule has 0 radical (unpaired) electrons. The van der Waals surface area contributed by atoms with Crippen molar-refractivity contribution < 1.29 is 9.53 Å². The average Bonchev–Trinajstić information content (AvgIpc) is 2.66. The molecule has 0 aliphatic carbocycles. The lowest BCUT2D eigenvalue weighted by Crippen LogP contribution is -2.04. The molecule has 4 nitrogen and oxygen atoms in total. The zero-order valence-electron chi connectivity index (χ0n) is 10.5. The van der Waals surface area contributed by atoms with E-state index in [1.165, 1.54) is 0 Å². The maximum atomic E-state index is 11.6. The van der Waals surface area contributed by atoms with Gasteiger partial charge in [0.1, 0.15) is 5.15 Å². The zero-order chi connectivity index (χ0) is 14.0. The van der Waals surface area contributed by atoms with Crippen LogP contribution in [0, 0.1) is 3.70 Å². The fourth-order valence-corrected chi connectivity index (χ4v) is 2.53. The molecule has 6 heteroatoms. The van der Waals surface area contributed by atoms with E-state index in [1.54, 1.807) is 26.0 Å². The highest BCUT2D eigenvalue weighted by Crippen LogP contribution is 2.26. The number of hydrogen-bond donors (Lipinski definition) is 1. The van der Waals surface area contributed by atoms with E-state index in [-0.39, 0.29) is 5.97 Å². The average molecular weight is 391 g/mol. The van der Waals surface area contributed by atoms with Gasteiger partial charge in [-0.2, -0.15) is 0 Å². The van der Waals surface area contributed by atoms with Gasteiger partial charge in [-0.3, -0.25) is 0 Å². The van der Waals surface area contributed by atoms with Crippen molar-refractivity contribution in [1.82, 2.24) is 9.97 Å². The molecule has 0 unspecified atom stereocenters. The van der Waals surface area contributed by atoms with Gasteiger partial charge < -0.3 is 9.72 Å². The van der Waals surface area contributed by atoms with Gasteiger partial charge in [0.2, 0.25) is 0 Å². The first-order valence-corrected chi connectivity index (χ1v) is 7.17. The number of esters is 1. The maximum Gasteiger partial charge on any atom is 0.333 e. The largest absolute Gasteiger partial charge is 0.463 e. The molecule has 19 heavy (non-hydrogen) atoms. The van der Waals surface area contributed by atoms with Crippen LogP contribution in [0.4, 0.5) is 0 Å². The first-order chi connectivity index (χ1) is 9.02. The van der Waals surface area contributed by atoms with Gasteiger partial charge in [0.25, 0.3) is 0 Å². The molecule has 2 heterocycles. The third-order valence-corrected chi connectivity index (χ3v) is 3.62. The number of nitrogens with one attached hydrogen (secondary N) is 1. The van der Waals surface area contributed by atoms with Crippen LogP contribution in [0.15, 0.2) is 17.7 Å². The van der Waals surface area contributed by atoms with Crippen LogP contribution in [0.5, 0.6) is 0 Å².